The van der Waals surface area contributed by atoms with E-state index in [0.717, 1.165) is 30.8 Å². The van der Waals surface area contributed by atoms with E-state index in [0.29, 0.717) is 13.0 Å². The molecule has 1 fully saturated rings. The largest absolute Gasteiger partial charge is 0.493 e. The number of benzene rings is 1. The van der Waals surface area contributed by atoms with Crippen LogP contribution in [0.1, 0.15) is 30.0 Å². The molecule has 0 aromatic heterocycles. The van der Waals surface area contributed by atoms with Gasteiger partial charge in [0.15, 0.2) is 0 Å². The molecule has 2 N–H and O–H groups in total. The number of para-hydroxylation sites is 1. The average molecular weight is 247 g/mol. The van der Waals surface area contributed by atoms with Crippen LogP contribution in [0.5, 0.6) is 5.75 Å². The van der Waals surface area contributed by atoms with Gasteiger partial charge in [-0.15, -0.1) is 0 Å². The van der Waals surface area contributed by atoms with Crippen molar-refractivity contribution in [3.63, 3.8) is 0 Å². The van der Waals surface area contributed by atoms with E-state index in [1.54, 1.807) is 0 Å². The van der Waals surface area contributed by atoms with Crippen molar-refractivity contribution in [2.75, 3.05) is 13.2 Å². The van der Waals surface area contributed by atoms with Gasteiger partial charge in [-0.1, -0.05) is 18.2 Å². The van der Waals surface area contributed by atoms with Crippen molar-refractivity contribution in [2.24, 2.45) is 5.92 Å². The molecule has 0 spiro atoms. The predicted octanol–water partition coefficient (Wildman–Crippen LogP) is 1.75. The summed E-state index contributed by atoms with van der Waals surface area (Å²) < 4.78 is 5.78. The van der Waals surface area contributed by atoms with Gasteiger partial charge in [0.1, 0.15) is 5.75 Å². The summed E-state index contributed by atoms with van der Waals surface area (Å²) in [6.07, 6.45) is 2.76. The van der Waals surface area contributed by atoms with Crippen molar-refractivity contribution in [3.05, 3.63) is 29.3 Å². The number of carbonyl (C=O) groups is 1. The normalized spacial score (nSPS) is 26.4. The molecular formula is C14H17NO3. The van der Waals surface area contributed by atoms with E-state index < -0.39 is 5.97 Å². The number of carboxylic acid groups (broad SMARTS) is 1. The first kappa shape index (κ1) is 11.5. The first-order valence-corrected chi connectivity index (χ1v) is 6.46. The molecule has 3 rings (SSSR count). The van der Waals surface area contributed by atoms with Crippen LogP contribution in [-0.2, 0) is 11.2 Å². The van der Waals surface area contributed by atoms with E-state index in [1.807, 2.05) is 12.1 Å². The average Bonchev–Trinajstić information content (AvgIpc) is 2.87. The molecule has 0 saturated carbocycles. The molecule has 1 saturated heterocycles. The molecule has 0 radical (unpaired) electrons. The smallest absolute Gasteiger partial charge is 0.307 e. The second-order valence-corrected chi connectivity index (χ2v) is 5.02. The van der Waals surface area contributed by atoms with E-state index in [-0.39, 0.29) is 12.0 Å². The second-order valence-electron chi connectivity index (χ2n) is 5.02. The highest BCUT2D eigenvalue weighted by Crippen LogP contribution is 2.37. The second kappa shape index (κ2) is 4.61. The van der Waals surface area contributed by atoms with E-state index >= 15 is 0 Å². The molecule has 2 heterocycles. The molecular weight excluding hydrogens is 230 g/mol. The van der Waals surface area contributed by atoms with Crippen LogP contribution < -0.4 is 10.1 Å². The minimum absolute atomic E-state index is 0.110. The molecule has 2 aliphatic heterocycles. The van der Waals surface area contributed by atoms with Crippen LogP contribution in [-0.4, -0.2) is 24.2 Å². The van der Waals surface area contributed by atoms with Gasteiger partial charge in [-0.05, 0) is 24.8 Å². The Morgan fingerprint density at radius 1 is 1.44 bits per heavy atom. The van der Waals surface area contributed by atoms with Gasteiger partial charge in [0, 0.05) is 18.2 Å². The Morgan fingerprint density at radius 3 is 3.11 bits per heavy atom. The third-order valence-corrected chi connectivity index (χ3v) is 3.82. The lowest BCUT2D eigenvalue weighted by atomic mass is 9.95. The third-order valence-electron chi connectivity index (χ3n) is 3.82. The summed E-state index contributed by atoms with van der Waals surface area (Å²) in [4.78, 5) is 11.0. The minimum Gasteiger partial charge on any atom is -0.493 e. The summed E-state index contributed by atoms with van der Waals surface area (Å²) >= 11 is 0. The Hall–Kier alpha value is -1.55. The number of nitrogens with one attached hydrogen (secondary N) is 1. The van der Waals surface area contributed by atoms with Crippen LogP contribution in [0.15, 0.2) is 18.2 Å². The molecule has 0 aliphatic carbocycles. The Balaban J connectivity index is 1.87. The quantitative estimate of drug-likeness (QED) is 0.836. The lowest BCUT2D eigenvalue weighted by Crippen LogP contribution is -2.18. The fourth-order valence-electron chi connectivity index (χ4n) is 2.85. The molecule has 1 aromatic carbocycles. The number of hydrogen-bond donors (Lipinski definition) is 2. The van der Waals surface area contributed by atoms with E-state index in [4.69, 9.17) is 9.84 Å². The predicted molar refractivity (Wildman–Crippen MR) is 66.7 cm³/mol. The van der Waals surface area contributed by atoms with Gasteiger partial charge in [-0.2, -0.15) is 0 Å². The SMILES string of the molecule is O=C(O)C1CNC(c2cccc3c2OCCC3)C1. The Labute approximate surface area is 106 Å². The summed E-state index contributed by atoms with van der Waals surface area (Å²) in [5.74, 6) is -0.0162. The fourth-order valence-corrected chi connectivity index (χ4v) is 2.85. The number of aliphatic carboxylic acids is 1. The number of ether oxygens (including phenoxy) is 1. The van der Waals surface area contributed by atoms with Crippen LogP contribution in [0.25, 0.3) is 0 Å². The van der Waals surface area contributed by atoms with Gasteiger partial charge in [-0.25, -0.2) is 0 Å². The van der Waals surface area contributed by atoms with Gasteiger partial charge in [0.05, 0.1) is 12.5 Å². The number of aryl methyl sites for hydroxylation is 1. The maximum absolute atomic E-state index is 11.0. The lowest BCUT2D eigenvalue weighted by molar-refractivity contribution is -0.141. The lowest BCUT2D eigenvalue weighted by Gasteiger charge is -2.23. The highest BCUT2D eigenvalue weighted by Gasteiger charge is 2.32. The Morgan fingerprint density at radius 2 is 2.33 bits per heavy atom. The molecule has 2 atom stereocenters. The topological polar surface area (TPSA) is 58.6 Å². The maximum atomic E-state index is 11.0. The van der Waals surface area contributed by atoms with Crippen molar-refractivity contribution in [3.8, 4) is 5.75 Å². The summed E-state index contributed by atoms with van der Waals surface area (Å²) in [6.45, 7) is 1.31. The van der Waals surface area contributed by atoms with Crippen molar-refractivity contribution < 1.29 is 14.6 Å². The zero-order valence-electron chi connectivity index (χ0n) is 10.2. The van der Waals surface area contributed by atoms with E-state index in [2.05, 4.69) is 11.4 Å². The monoisotopic (exact) mass is 247 g/mol. The summed E-state index contributed by atoms with van der Waals surface area (Å²) in [5, 5.41) is 12.3. The Kier molecular flexibility index (Phi) is 2.96. The Bertz CT molecular complexity index is 472. The van der Waals surface area contributed by atoms with Gasteiger partial charge >= 0.3 is 5.97 Å². The maximum Gasteiger partial charge on any atom is 0.307 e. The molecule has 2 aliphatic rings. The van der Waals surface area contributed by atoms with E-state index in [9.17, 15) is 4.79 Å². The first-order chi connectivity index (χ1) is 8.75. The minimum atomic E-state index is -0.712. The van der Waals surface area contributed by atoms with Crippen LogP contribution in [0.3, 0.4) is 0 Å². The van der Waals surface area contributed by atoms with Crippen LogP contribution in [0.4, 0.5) is 0 Å². The highest BCUT2D eigenvalue weighted by atomic mass is 16.5. The van der Waals surface area contributed by atoms with Gasteiger partial charge in [0.2, 0.25) is 0 Å². The zero-order chi connectivity index (χ0) is 12.5. The van der Waals surface area contributed by atoms with Crippen LogP contribution in [0, 0.1) is 5.92 Å². The van der Waals surface area contributed by atoms with Gasteiger partial charge in [-0.3, -0.25) is 4.79 Å². The molecule has 1 aromatic rings. The number of hydrogen-bond acceptors (Lipinski definition) is 3. The number of fused-ring (bicyclic) bond motifs is 1. The zero-order valence-corrected chi connectivity index (χ0v) is 10.2. The first-order valence-electron chi connectivity index (χ1n) is 6.46. The van der Waals surface area contributed by atoms with Gasteiger partial charge < -0.3 is 15.2 Å². The van der Waals surface area contributed by atoms with Crippen molar-refractivity contribution in [2.45, 2.75) is 25.3 Å². The highest BCUT2D eigenvalue weighted by molar-refractivity contribution is 5.71. The van der Waals surface area contributed by atoms with Crippen molar-refractivity contribution in [1.82, 2.24) is 5.32 Å². The molecule has 0 bridgehead atoms. The van der Waals surface area contributed by atoms with Gasteiger partial charge in [0.25, 0.3) is 0 Å². The number of carboxylic acids is 1. The van der Waals surface area contributed by atoms with Crippen molar-refractivity contribution >= 4 is 5.97 Å². The molecule has 96 valence electrons. The molecule has 18 heavy (non-hydrogen) atoms. The summed E-state index contributed by atoms with van der Waals surface area (Å²) in [5.41, 5.74) is 2.37. The van der Waals surface area contributed by atoms with E-state index in [1.165, 1.54) is 5.56 Å². The van der Waals surface area contributed by atoms with Crippen LogP contribution in [0.2, 0.25) is 0 Å². The summed E-state index contributed by atoms with van der Waals surface area (Å²) in [6, 6.07) is 6.30. The molecule has 4 nitrogen and oxygen atoms in total. The molecule has 2 unspecified atom stereocenters. The van der Waals surface area contributed by atoms with Crippen LogP contribution >= 0.6 is 0 Å². The summed E-state index contributed by atoms with van der Waals surface area (Å²) in [7, 11) is 0. The molecule has 4 heteroatoms. The van der Waals surface area contributed by atoms with Crippen molar-refractivity contribution in [1.29, 1.82) is 0 Å². The molecule has 0 amide bonds. The third kappa shape index (κ3) is 1.97. The number of rotatable bonds is 2. The standard InChI is InChI=1S/C14H17NO3/c16-14(17)10-7-12(15-8-10)11-5-1-3-9-4-2-6-18-13(9)11/h1,3,5,10,12,15H,2,4,6-8H2,(H,16,17). The fraction of sp³-hybridized carbons (Fsp3) is 0.500.